The van der Waals surface area contributed by atoms with Crippen LogP contribution in [0.3, 0.4) is 0 Å². The Hall–Kier alpha value is -2.28. The van der Waals surface area contributed by atoms with E-state index >= 15 is 0 Å². The van der Waals surface area contributed by atoms with Gasteiger partial charge in [0.2, 0.25) is 11.7 Å². The number of nitrogens with zero attached hydrogens (tertiary/aromatic N) is 4. The zero-order valence-electron chi connectivity index (χ0n) is 13.3. The average Bonchev–Trinajstić information content (AvgIpc) is 2.93. The minimum atomic E-state index is -2.77. The van der Waals surface area contributed by atoms with E-state index in [1.165, 1.54) is 6.07 Å². The van der Waals surface area contributed by atoms with Crippen LogP contribution in [0.5, 0.6) is 11.6 Å². The molecule has 126 valence electrons. The molecule has 8 heteroatoms. The third kappa shape index (κ3) is 3.03. The van der Waals surface area contributed by atoms with Crippen LogP contribution in [0.15, 0.2) is 24.3 Å². The van der Waals surface area contributed by atoms with Crippen molar-refractivity contribution in [1.82, 2.24) is 19.8 Å². The van der Waals surface area contributed by atoms with Crippen molar-refractivity contribution in [2.75, 3.05) is 0 Å². The third-order valence-electron chi connectivity index (χ3n) is 3.59. The van der Waals surface area contributed by atoms with E-state index in [1.54, 1.807) is 6.07 Å². The zero-order chi connectivity index (χ0) is 17.4. The summed E-state index contributed by atoms with van der Waals surface area (Å²) in [5, 5.41) is 11.8. The van der Waals surface area contributed by atoms with Gasteiger partial charge in [-0.2, -0.15) is 4.52 Å². The van der Waals surface area contributed by atoms with Crippen LogP contribution in [0.4, 0.5) is 8.78 Å². The van der Waals surface area contributed by atoms with Gasteiger partial charge >= 0.3 is 0 Å². The number of hydrogen-bond acceptors (Lipinski definition) is 4. The van der Waals surface area contributed by atoms with Gasteiger partial charge in [-0.25, -0.2) is 8.78 Å². The Labute approximate surface area is 142 Å². The predicted octanol–water partition coefficient (Wildman–Crippen LogP) is 4.94. The van der Waals surface area contributed by atoms with Gasteiger partial charge in [0.15, 0.2) is 5.65 Å². The van der Waals surface area contributed by atoms with Crippen molar-refractivity contribution in [2.45, 2.75) is 33.1 Å². The molecule has 3 rings (SSSR count). The molecule has 0 amide bonds. The first-order chi connectivity index (χ1) is 11.4. The second-order valence-corrected chi connectivity index (χ2v) is 6.10. The molecular formula is C16H15ClF2N4O. The standard InChI is InChI=1S/C16H15ClF2N4O/c1-8(2)10-7-12(9(3)6-11(10)17)24-14-5-4-13-20-21-16(15(18)19)23(13)22-14/h4-8,15H,1-3H3. The van der Waals surface area contributed by atoms with Gasteiger partial charge in [-0.05, 0) is 42.2 Å². The fraction of sp³-hybridized carbons (Fsp3) is 0.312. The molecule has 0 aliphatic heterocycles. The topological polar surface area (TPSA) is 52.3 Å². The van der Waals surface area contributed by atoms with Crippen LogP contribution < -0.4 is 4.74 Å². The van der Waals surface area contributed by atoms with E-state index in [4.69, 9.17) is 16.3 Å². The Morgan fingerprint density at radius 1 is 1.17 bits per heavy atom. The maximum absolute atomic E-state index is 12.9. The fourth-order valence-electron chi connectivity index (χ4n) is 2.31. The molecule has 0 radical (unpaired) electrons. The number of alkyl halides is 2. The van der Waals surface area contributed by atoms with Crippen molar-refractivity contribution in [1.29, 1.82) is 0 Å². The van der Waals surface area contributed by atoms with Crippen molar-refractivity contribution < 1.29 is 13.5 Å². The molecule has 0 saturated carbocycles. The summed E-state index contributed by atoms with van der Waals surface area (Å²) in [6.45, 7) is 5.90. The van der Waals surface area contributed by atoms with Crippen molar-refractivity contribution >= 4 is 17.2 Å². The molecule has 0 aliphatic carbocycles. The highest BCUT2D eigenvalue weighted by molar-refractivity contribution is 6.31. The van der Waals surface area contributed by atoms with Crippen molar-refractivity contribution in [3.8, 4) is 11.6 Å². The Morgan fingerprint density at radius 3 is 2.58 bits per heavy atom. The van der Waals surface area contributed by atoms with Crippen molar-refractivity contribution in [2.24, 2.45) is 0 Å². The van der Waals surface area contributed by atoms with E-state index in [1.807, 2.05) is 32.9 Å². The van der Waals surface area contributed by atoms with E-state index in [0.717, 1.165) is 15.6 Å². The highest BCUT2D eigenvalue weighted by Gasteiger charge is 2.18. The number of rotatable bonds is 4. The van der Waals surface area contributed by atoms with E-state index in [9.17, 15) is 8.78 Å². The summed E-state index contributed by atoms with van der Waals surface area (Å²) in [7, 11) is 0. The maximum Gasteiger partial charge on any atom is 0.299 e. The summed E-state index contributed by atoms with van der Waals surface area (Å²) in [5.41, 5.74) is 1.99. The Bertz CT molecular complexity index is 895. The molecular weight excluding hydrogens is 338 g/mol. The van der Waals surface area contributed by atoms with Crippen LogP contribution in [0.25, 0.3) is 5.65 Å². The predicted molar refractivity (Wildman–Crippen MR) is 86.1 cm³/mol. The zero-order valence-corrected chi connectivity index (χ0v) is 14.1. The van der Waals surface area contributed by atoms with E-state index < -0.39 is 12.2 Å². The summed E-state index contributed by atoms with van der Waals surface area (Å²) in [6, 6.07) is 6.74. The van der Waals surface area contributed by atoms with E-state index in [-0.39, 0.29) is 17.4 Å². The number of halogens is 3. The van der Waals surface area contributed by atoms with Crippen LogP contribution >= 0.6 is 11.6 Å². The second-order valence-electron chi connectivity index (χ2n) is 5.70. The highest BCUT2D eigenvalue weighted by Crippen LogP contribution is 2.33. The number of fused-ring (bicyclic) bond motifs is 1. The minimum absolute atomic E-state index is 0.171. The van der Waals surface area contributed by atoms with E-state index in [0.29, 0.717) is 10.8 Å². The third-order valence-corrected chi connectivity index (χ3v) is 3.92. The van der Waals surface area contributed by atoms with Crippen LogP contribution in [-0.4, -0.2) is 19.8 Å². The quantitative estimate of drug-likeness (QED) is 0.667. The maximum atomic E-state index is 12.9. The van der Waals surface area contributed by atoms with Crippen LogP contribution in [-0.2, 0) is 0 Å². The van der Waals surface area contributed by atoms with Gasteiger partial charge in [0.1, 0.15) is 5.75 Å². The highest BCUT2D eigenvalue weighted by atomic mass is 35.5. The average molecular weight is 353 g/mol. The smallest absolute Gasteiger partial charge is 0.299 e. The van der Waals surface area contributed by atoms with Gasteiger partial charge in [-0.3, -0.25) is 0 Å². The molecule has 2 aromatic heterocycles. The molecule has 0 saturated heterocycles. The largest absolute Gasteiger partial charge is 0.437 e. The SMILES string of the molecule is Cc1cc(Cl)c(C(C)C)cc1Oc1ccc2nnc(C(F)F)n2n1. The van der Waals surface area contributed by atoms with Crippen molar-refractivity contribution in [3.05, 3.63) is 46.2 Å². The van der Waals surface area contributed by atoms with Crippen LogP contribution in [0.2, 0.25) is 5.02 Å². The number of hydrogen-bond donors (Lipinski definition) is 0. The monoisotopic (exact) mass is 352 g/mol. The molecule has 0 spiro atoms. The number of benzene rings is 1. The van der Waals surface area contributed by atoms with Gasteiger partial charge in [0.05, 0.1) is 0 Å². The number of ether oxygens (including phenoxy) is 1. The lowest BCUT2D eigenvalue weighted by Gasteiger charge is -2.14. The summed E-state index contributed by atoms with van der Waals surface area (Å²) in [5.74, 6) is 0.441. The molecule has 3 aromatic rings. The Morgan fingerprint density at radius 2 is 1.92 bits per heavy atom. The van der Waals surface area contributed by atoms with Crippen molar-refractivity contribution in [3.63, 3.8) is 0 Å². The summed E-state index contributed by atoms with van der Waals surface area (Å²) in [4.78, 5) is 0. The first kappa shape index (κ1) is 16.6. The normalized spacial score (nSPS) is 11.7. The first-order valence-electron chi connectivity index (χ1n) is 7.35. The van der Waals surface area contributed by atoms with Gasteiger partial charge < -0.3 is 4.74 Å². The molecule has 1 aromatic carbocycles. The van der Waals surface area contributed by atoms with Gasteiger partial charge in [0, 0.05) is 11.1 Å². The summed E-state index contributed by atoms with van der Waals surface area (Å²) in [6.07, 6.45) is -2.77. The van der Waals surface area contributed by atoms with Crippen LogP contribution in [0, 0.1) is 6.92 Å². The molecule has 0 unspecified atom stereocenters. The van der Waals surface area contributed by atoms with Crippen LogP contribution in [0.1, 0.15) is 43.1 Å². The van der Waals surface area contributed by atoms with Gasteiger partial charge in [-0.15, -0.1) is 15.3 Å². The molecule has 0 aliphatic rings. The molecule has 24 heavy (non-hydrogen) atoms. The molecule has 5 nitrogen and oxygen atoms in total. The Kier molecular flexibility index (Phi) is 4.36. The molecule has 0 N–H and O–H groups in total. The Balaban J connectivity index is 2.00. The van der Waals surface area contributed by atoms with Gasteiger partial charge in [0.25, 0.3) is 6.43 Å². The summed E-state index contributed by atoms with van der Waals surface area (Å²) < 4.78 is 32.6. The lowest BCUT2D eigenvalue weighted by molar-refractivity contribution is 0.137. The number of aromatic nitrogens is 4. The molecule has 2 heterocycles. The minimum Gasteiger partial charge on any atom is -0.437 e. The van der Waals surface area contributed by atoms with Gasteiger partial charge in [-0.1, -0.05) is 25.4 Å². The fourth-order valence-corrected chi connectivity index (χ4v) is 2.75. The molecule has 0 atom stereocenters. The summed E-state index contributed by atoms with van der Waals surface area (Å²) >= 11 is 6.24. The molecule has 0 bridgehead atoms. The second kappa shape index (κ2) is 6.32. The first-order valence-corrected chi connectivity index (χ1v) is 7.73. The lowest BCUT2D eigenvalue weighted by atomic mass is 10.0. The number of aryl methyl sites for hydroxylation is 1. The molecule has 0 fully saturated rings. The lowest BCUT2D eigenvalue weighted by Crippen LogP contribution is -2.02. The van der Waals surface area contributed by atoms with E-state index in [2.05, 4.69) is 15.3 Å².